The number of aliphatic hydroxyl groups excluding tert-OH is 2. The Kier molecular flexibility index (Phi) is 13.4. The summed E-state index contributed by atoms with van der Waals surface area (Å²) >= 11 is 0. The van der Waals surface area contributed by atoms with Crippen molar-refractivity contribution >= 4 is 28.2 Å². The predicted octanol–water partition coefficient (Wildman–Crippen LogP) is 6.58. The third-order valence-electron chi connectivity index (χ3n) is 10.7. The van der Waals surface area contributed by atoms with E-state index in [1.165, 1.54) is 23.2 Å². The number of para-hydroxylation sites is 3. The first-order chi connectivity index (χ1) is 26.3. The first-order valence-electron chi connectivity index (χ1n) is 19.0. The summed E-state index contributed by atoms with van der Waals surface area (Å²) in [6.07, 6.45) is 9.13. The number of carbonyl (C=O) groups is 1. The molecule has 0 amide bonds. The van der Waals surface area contributed by atoms with Crippen LogP contribution in [0.5, 0.6) is 0 Å². The van der Waals surface area contributed by atoms with Crippen molar-refractivity contribution in [2.45, 2.75) is 76.5 Å². The molecule has 3 aliphatic heterocycles. The number of rotatable bonds is 8. The van der Waals surface area contributed by atoms with Crippen molar-refractivity contribution < 1.29 is 19.7 Å². The zero-order valence-electron chi connectivity index (χ0n) is 31.9. The van der Waals surface area contributed by atoms with Gasteiger partial charge in [-0.2, -0.15) is 0 Å². The molecule has 0 spiro atoms. The van der Waals surface area contributed by atoms with Crippen LogP contribution in [0.4, 0.5) is 5.69 Å². The number of ether oxygens (including phenoxy) is 1. The second-order valence-corrected chi connectivity index (χ2v) is 14.3. The quantitative estimate of drug-likeness (QED) is 0.151. The molecule has 3 N–H and O–H groups in total. The number of fused-ring (bicyclic) bond motifs is 2. The number of imidazole rings is 1. The Morgan fingerprint density at radius 2 is 1.37 bits per heavy atom. The van der Waals surface area contributed by atoms with Gasteiger partial charge in [-0.15, -0.1) is 0 Å². The number of aliphatic imine (C=N–C) groups is 1. The SMILES string of the molecule is Cc1cccnc1[C@@H]1CC(=O)C[C@H](C2=Nc3ccccc3C2)N1C.Cc1cccnc1[C@@H]1CCC[C@H](c2nc3ccccc3[nH]2)N1C.OCCOCCO. The van der Waals surface area contributed by atoms with Gasteiger partial charge in [0.2, 0.25) is 0 Å². The Bertz CT molecular complexity index is 1990. The van der Waals surface area contributed by atoms with Crippen molar-refractivity contribution in [2.24, 2.45) is 4.99 Å². The number of benzene rings is 2. The van der Waals surface area contributed by atoms with Crippen LogP contribution in [0.3, 0.4) is 0 Å². The lowest BCUT2D eigenvalue weighted by Crippen LogP contribution is -2.47. The smallest absolute Gasteiger partial charge is 0.136 e. The molecule has 11 heteroatoms. The topological polar surface area (TPSA) is 140 Å². The average molecular weight is 732 g/mol. The van der Waals surface area contributed by atoms with E-state index in [0.717, 1.165) is 58.8 Å². The molecular formula is C43H53N7O4. The highest BCUT2D eigenvalue weighted by molar-refractivity contribution is 6.01. The summed E-state index contributed by atoms with van der Waals surface area (Å²) in [5, 5.41) is 16.2. The van der Waals surface area contributed by atoms with E-state index in [0.29, 0.717) is 43.9 Å². The molecule has 4 atom stereocenters. The number of aliphatic hydroxyl groups is 2. The van der Waals surface area contributed by atoms with Gasteiger partial charge in [0.05, 0.1) is 78.7 Å². The van der Waals surface area contributed by atoms with E-state index in [9.17, 15) is 4.79 Å². The fourth-order valence-electron chi connectivity index (χ4n) is 7.86. The van der Waals surface area contributed by atoms with Crippen LogP contribution in [0.15, 0.2) is 90.2 Å². The van der Waals surface area contributed by atoms with E-state index in [2.05, 4.69) is 93.8 Å². The summed E-state index contributed by atoms with van der Waals surface area (Å²) < 4.78 is 4.63. The van der Waals surface area contributed by atoms with Gasteiger partial charge in [-0.1, -0.05) is 42.5 Å². The maximum atomic E-state index is 12.4. The number of carbonyl (C=O) groups excluding carboxylic acids is 1. The summed E-state index contributed by atoms with van der Waals surface area (Å²) in [4.78, 5) is 39.5. The molecular weight excluding hydrogens is 679 g/mol. The number of nitrogens with zero attached hydrogens (tertiary/aromatic N) is 6. The third kappa shape index (κ3) is 9.17. The first-order valence-corrected chi connectivity index (χ1v) is 19.0. The summed E-state index contributed by atoms with van der Waals surface area (Å²) in [6.45, 7) is 4.91. The van der Waals surface area contributed by atoms with Gasteiger partial charge in [-0.3, -0.25) is 29.6 Å². The molecule has 6 heterocycles. The van der Waals surface area contributed by atoms with Gasteiger partial charge in [0.25, 0.3) is 0 Å². The number of likely N-dealkylation sites (tertiary alicyclic amines) is 2. The van der Waals surface area contributed by atoms with Gasteiger partial charge >= 0.3 is 0 Å². The van der Waals surface area contributed by atoms with Crippen LogP contribution < -0.4 is 0 Å². The van der Waals surface area contributed by atoms with Crippen molar-refractivity contribution in [3.8, 4) is 0 Å². The molecule has 11 nitrogen and oxygen atoms in total. The van der Waals surface area contributed by atoms with E-state index in [4.69, 9.17) is 20.2 Å². The van der Waals surface area contributed by atoms with E-state index >= 15 is 0 Å². The normalized spacial score (nSPS) is 21.4. The number of aromatic nitrogens is 4. The highest BCUT2D eigenvalue weighted by Crippen LogP contribution is 2.40. The Hall–Kier alpha value is -4.65. The average Bonchev–Trinajstić information content (AvgIpc) is 3.82. The summed E-state index contributed by atoms with van der Waals surface area (Å²) in [5.74, 6) is 1.37. The molecule has 0 aliphatic carbocycles. The molecule has 0 bridgehead atoms. The minimum absolute atomic E-state index is 0.0278. The lowest BCUT2D eigenvalue weighted by molar-refractivity contribution is -0.123. The Labute approximate surface area is 318 Å². The van der Waals surface area contributed by atoms with Gasteiger partial charge in [0.15, 0.2) is 0 Å². The molecule has 284 valence electrons. The minimum Gasteiger partial charge on any atom is -0.394 e. The highest BCUT2D eigenvalue weighted by atomic mass is 16.5. The first kappa shape index (κ1) is 39.1. The van der Waals surface area contributed by atoms with Crippen molar-refractivity contribution in [3.05, 3.63) is 119 Å². The van der Waals surface area contributed by atoms with Crippen molar-refractivity contribution in [1.82, 2.24) is 29.7 Å². The van der Waals surface area contributed by atoms with Crippen LogP contribution in [0, 0.1) is 13.8 Å². The zero-order valence-corrected chi connectivity index (χ0v) is 31.9. The van der Waals surface area contributed by atoms with Crippen LogP contribution >= 0.6 is 0 Å². The van der Waals surface area contributed by atoms with Crippen molar-refractivity contribution in [1.29, 1.82) is 0 Å². The fourth-order valence-corrected chi connectivity index (χ4v) is 7.86. The van der Waals surface area contributed by atoms with Gasteiger partial charge in [-0.05, 0) is 94.2 Å². The summed E-state index contributed by atoms with van der Waals surface area (Å²) in [5.41, 5.74) is 10.2. The monoisotopic (exact) mass is 731 g/mol. The number of pyridine rings is 2. The molecule has 0 saturated carbocycles. The maximum Gasteiger partial charge on any atom is 0.136 e. The molecule has 5 aromatic rings. The number of aromatic amines is 1. The standard InChI is InChI=1S/C20H21N3O.C19H22N4.C4H10O3/c1-13-6-5-9-21-20(13)19-12-15(24)11-18(23(19)2)17-10-14-7-3-4-8-16(14)22-17;1-13-7-6-12-20-18(13)16-10-5-11-17(23(16)2)19-21-14-8-3-4-9-15(14)22-19;5-1-3-7-4-2-6/h3-9,18-19H,10-12H2,1-2H3;3-4,6-9,12,16-17H,5,10-11H2,1-2H3,(H,21,22);5-6H,1-4H2/t18-,19+;16-,17+;/m10./s1. The minimum atomic E-state index is 0.0278. The lowest BCUT2D eigenvalue weighted by Gasteiger charge is -2.39. The predicted molar refractivity (Wildman–Crippen MR) is 212 cm³/mol. The number of Topliss-reactive ketones (excluding diaryl/α,β-unsaturated/α-hetero) is 1. The van der Waals surface area contributed by atoms with Crippen LogP contribution in [-0.4, -0.2) is 98.0 Å². The van der Waals surface area contributed by atoms with Crippen LogP contribution in [-0.2, 0) is 16.0 Å². The number of aryl methyl sites for hydroxylation is 2. The number of hydrogen-bond acceptors (Lipinski definition) is 10. The molecule has 0 radical (unpaired) electrons. The number of piperidine rings is 2. The van der Waals surface area contributed by atoms with Gasteiger partial charge < -0.3 is 19.9 Å². The zero-order chi connectivity index (χ0) is 38.0. The van der Waals surface area contributed by atoms with E-state index in [-0.39, 0.29) is 25.3 Å². The second-order valence-electron chi connectivity index (χ2n) is 14.3. The Morgan fingerprint density at radius 3 is 2.04 bits per heavy atom. The number of ketones is 1. The second kappa shape index (κ2) is 18.6. The lowest BCUT2D eigenvalue weighted by atomic mass is 9.88. The van der Waals surface area contributed by atoms with Gasteiger partial charge in [0, 0.05) is 37.4 Å². The molecule has 3 aromatic heterocycles. The highest BCUT2D eigenvalue weighted by Gasteiger charge is 2.38. The number of hydrogen-bond donors (Lipinski definition) is 3. The van der Waals surface area contributed by atoms with E-state index < -0.39 is 0 Å². The van der Waals surface area contributed by atoms with Crippen LogP contribution in [0.2, 0.25) is 0 Å². The molecule has 2 aromatic carbocycles. The van der Waals surface area contributed by atoms with Crippen molar-refractivity contribution in [3.63, 3.8) is 0 Å². The number of H-pyrrole nitrogens is 1. The molecule has 54 heavy (non-hydrogen) atoms. The Balaban J connectivity index is 0.000000157. The third-order valence-corrected chi connectivity index (χ3v) is 10.7. The maximum absolute atomic E-state index is 12.4. The largest absolute Gasteiger partial charge is 0.394 e. The van der Waals surface area contributed by atoms with Gasteiger partial charge in [0.1, 0.15) is 11.6 Å². The van der Waals surface area contributed by atoms with Crippen LogP contribution in [0.1, 0.15) is 84.1 Å². The van der Waals surface area contributed by atoms with E-state index in [1.54, 1.807) is 0 Å². The fraction of sp³-hybridized carbons (Fsp3) is 0.419. The van der Waals surface area contributed by atoms with Gasteiger partial charge in [-0.25, -0.2) is 4.98 Å². The molecule has 2 saturated heterocycles. The molecule has 2 fully saturated rings. The molecule has 0 unspecified atom stereocenters. The van der Waals surface area contributed by atoms with Crippen LogP contribution in [0.25, 0.3) is 11.0 Å². The molecule has 3 aliphatic rings. The molecule has 8 rings (SSSR count). The summed E-state index contributed by atoms with van der Waals surface area (Å²) in [6, 6.07) is 25.4. The number of nitrogens with one attached hydrogen (secondary N) is 1. The van der Waals surface area contributed by atoms with Crippen molar-refractivity contribution in [2.75, 3.05) is 40.5 Å². The van der Waals surface area contributed by atoms with E-state index in [1.807, 2.05) is 48.8 Å². The summed E-state index contributed by atoms with van der Waals surface area (Å²) in [7, 11) is 4.30. The Morgan fingerprint density at radius 1 is 0.759 bits per heavy atom.